The molecule has 2 N–H and O–H groups in total. The smallest absolute Gasteiger partial charge is 0.191 e. The first-order chi connectivity index (χ1) is 11.2. The van der Waals surface area contributed by atoms with Gasteiger partial charge in [0, 0.05) is 19.8 Å². The first kappa shape index (κ1) is 20.2. The topological polar surface area (TPSA) is 58.5 Å². The van der Waals surface area contributed by atoms with E-state index in [0.29, 0.717) is 6.54 Å². The molecule has 0 spiro atoms. The van der Waals surface area contributed by atoms with Gasteiger partial charge in [0.1, 0.15) is 5.75 Å². The number of methoxy groups -OCH3 is 1. The number of ether oxygens (including phenoxy) is 1. The number of aliphatic imine (C=N–C) groups is 1. The fraction of sp³-hybridized carbons (Fsp3) is 0.333. The quantitative estimate of drug-likeness (QED) is 0.412. The summed E-state index contributed by atoms with van der Waals surface area (Å²) in [7, 11) is 3.47. The van der Waals surface area contributed by atoms with Gasteiger partial charge in [0.25, 0.3) is 0 Å². The van der Waals surface area contributed by atoms with E-state index in [2.05, 4.69) is 39.7 Å². The van der Waals surface area contributed by atoms with Gasteiger partial charge in [-0.3, -0.25) is 9.98 Å². The van der Waals surface area contributed by atoms with Crippen molar-refractivity contribution in [3.05, 3.63) is 59.4 Å². The summed E-state index contributed by atoms with van der Waals surface area (Å²) in [6, 6.07) is 12.1. The van der Waals surface area contributed by atoms with E-state index in [9.17, 15) is 0 Å². The van der Waals surface area contributed by atoms with Crippen molar-refractivity contribution < 1.29 is 4.74 Å². The van der Waals surface area contributed by atoms with Gasteiger partial charge in [0.2, 0.25) is 0 Å². The van der Waals surface area contributed by atoms with E-state index in [1.54, 1.807) is 20.4 Å². The molecule has 0 bridgehead atoms. The number of rotatable bonds is 6. The normalized spacial score (nSPS) is 10.7. The van der Waals surface area contributed by atoms with Crippen molar-refractivity contribution in [2.24, 2.45) is 4.99 Å². The minimum Gasteiger partial charge on any atom is -0.496 e. The summed E-state index contributed by atoms with van der Waals surface area (Å²) < 4.78 is 5.41. The Morgan fingerprint density at radius 2 is 2.04 bits per heavy atom. The minimum atomic E-state index is 0. The average molecular weight is 440 g/mol. The van der Waals surface area contributed by atoms with Crippen LogP contribution in [0.1, 0.15) is 16.8 Å². The van der Waals surface area contributed by atoms with Gasteiger partial charge >= 0.3 is 0 Å². The Hall–Kier alpha value is -1.83. The molecule has 1 aromatic carbocycles. The van der Waals surface area contributed by atoms with Gasteiger partial charge in [-0.2, -0.15) is 0 Å². The Morgan fingerprint density at radius 3 is 2.71 bits per heavy atom. The SMILES string of the molecule is CN=C(NCCc1cc(C)ccc1OC)NCc1ccccn1.I. The predicted molar refractivity (Wildman–Crippen MR) is 109 cm³/mol. The van der Waals surface area contributed by atoms with Crippen LogP contribution in [0.25, 0.3) is 0 Å². The highest BCUT2D eigenvalue weighted by Gasteiger charge is 2.04. The lowest BCUT2D eigenvalue weighted by molar-refractivity contribution is 0.409. The maximum Gasteiger partial charge on any atom is 0.191 e. The molecule has 0 aliphatic rings. The zero-order valence-electron chi connectivity index (χ0n) is 14.4. The zero-order valence-corrected chi connectivity index (χ0v) is 16.7. The molecular formula is C18H25IN4O. The van der Waals surface area contributed by atoms with Crippen LogP contribution in [0.15, 0.2) is 47.6 Å². The number of hydrogen-bond acceptors (Lipinski definition) is 3. The second kappa shape index (κ2) is 10.9. The summed E-state index contributed by atoms with van der Waals surface area (Å²) in [6.45, 7) is 3.51. The molecule has 0 radical (unpaired) electrons. The summed E-state index contributed by atoms with van der Waals surface area (Å²) in [4.78, 5) is 8.51. The van der Waals surface area contributed by atoms with Gasteiger partial charge in [-0.25, -0.2) is 0 Å². The monoisotopic (exact) mass is 440 g/mol. The molecule has 1 aromatic heterocycles. The molecule has 1 heterocycles. The van der Waals surface area contributed by atoms with Crippen molar-refractivity contribution in [2.75, 3.05) is 20.7 Å². The predicted octanol–water partition coefficient (Wildman–Crippen LogP) is 2.92. The second-order valence-electron chi connectivity index (χ2n) is 5.24. The van der Waals surface area contributed by atoms with Crippen LogP contribution >= 0.6 is 24.0 Å². The number of guanidine groups is 1. The summed E-state index contributed by atoms with van der Waals surface area (Å²) in [5.41, 5.74) is 3.41. The third-order valence-corrected chi connectivity index (χ3v) is 3.51. The van der Waals surface area contributed by atoms with E-state index in [1.165, 1.54) is 11.1 Å². The molecule has 0 unspecified atom stereocenters. The van der Waals surface area contributed by atoms with Crippen molar-refractivity contribution in [1.82, 2.24) is 15.6 Å². The lowest BCUT2D eigenvalue weighted by Crippen LogP contribution is -2.38. The van der Waals surface area contributed by atoms with Crippen LogP contribution in [0.3, 0.4) is 0 Å². The number of aromatic nitrogens is 1. The molecule has 0 atom stereocenters. The summed E-state index contributed by atoms with van der Waals surface area (Å²) in [5, 5.41) is 6.57. The summed E-state index contributed by atoms with van der Waals surface area (Å²) >= 11 is 0. The van der Waals surface area contributed by atoms with Gasteiger partial charge < -0.3 is 15.4 Å². The molecule has 24 heavy (non-hydrogen) atoms. The van der Waals surface area contributed by atoms with Crippen molar-refractivity contribution in [3.63, 3.8) is 0 Å². The molecule has 2 rings (SSSR count). The maximum atomic E-state index is 5.41. The standard InChI is InChI=1S/C18H24N4O.HI/c1-14-7-8-17(23-3)15(12-14)9-11-21-18(19-2)22-13-16-6-4-5-10-20-16;/h4-8,10,12H,9,11,13H2,1-3H3,(H2,19,21,22);1H. The van der Waals surface area contributed by atoms with Gasteiger partial charge in [-0.15, -0.1) is 24.0 Å². The second-order valence-corrected chi connectivity index (χ2v) is 5.24. The number of halogens is 1. The number of benzene rings is 1. The molecule has 0 aliphatic heterocycles. The van der Waals surface area contributed by atoms with Crippen LogP contribution in [-0.4, -0.2) is 31.6 Å². The first-order valence-electron chi connectivity index (χ1n) is 7.71. The van der Waals surface area contributed by atoms with Crippen LogP contribution in [0.2, 0.25) is 0 Å². The molecule has 0 fully saturated rings. The fourth-order valence-electron chi connectivity index (χ4n) is 2.32. The minimum absolute atomic E-state index is 0. The van der Waals surface area contributed by atoms with E-state index in [4.69, 9.17) is 4.74 Å². The van der Waals surface area contributed by atoms with Crippen LogP contribution in [-0.2, 0) is 13.0 Å². The van der Waals surface area contributed by atoms with E-state index in [1.807, 2.05) is 24.3 Å². The number of pyridine rings is 1. The molecule has 130 valence electrons. The Morgan fingerprint density at radius 1 is 1.21 bits per heavy atom. The van der Waals surface area contributed by atoms with E-state index < -0.39 is 0 Å². The highest BCUT2D eigenvalue weighted by molar-refractivity contribution is 14.0. The summed E-state index contributed by atoms with van der Waals surface area (Å²) in [5.74, 6) is 1.69. The zero-order chi connectivity index (χ0) is 16.5. The van der Waals surface area contributed by atoms with Crippen LogP contribution in [0, 0.1) is 6.92 Å². The van der Waals surface area contributed by atoms with Gasteiger partial charge in [0.05, 0.1) is 19.3 Å². The molecule has 5 nitrogen and oxygen atoms in total. The Bertz CT molecular complexity index is 647. The lowest BCUT2D eigenvalue weighted by atomic mass is 10.1. The summed E-state index contributed by atoms with van der Waals surface area (Å²) in [6.07, 6.45) is 2.66. The number of nitrogens with zero attached hydrogens (tertiary/aromatic N) is 2. The number of hydrogen-bond donors (Lipinski definition) is 2. The Kier molecular flexibility index (Phi) is 9.14. The van der Waals surface area contributed by atoms with Crippen molar-refractivity contribution >= 4 is 29.9 Å². The third kappa shape index (κ3) is 6.35. The van der Waals surface area contributed by atoms with Crippen molar-refractivity contribution in [2.45, 2.75) is 19.9 Å². The largest absolute Gasteiger partial charge is 0.496 e. The van der Waals surface area contributed by atoms with Crippen molar-refractivity contribution in [3.8, 4) is 5.75 Å². The van der Waals surface area contributed by atoms with Crippen LogP contribution < -0.4 is 15.4 Å². The Labute approximate surface area is 161 Å². The number of aryl methyl sites for hydroxylation is 1. The Balaban J connectivity index is 0.00000288. The molecule has 0 amide bonds. The van der Waals surface area contributed by atoms with Crippen LogP contribution in [0.5, 0.6) is 5.75 Å². The van der Waals surface area contributed by atoms with E-state index in [-0.39, 0.29) is 24.0 Å². The van der Waals surface area contributed by atoms with Gasteiger partial charge in [-0.1, -0.05) is 23.8 Å². The fourth-order valence-corrected chi connectivity index (χ4v) is 2.32. The molecule has 2 aromatic rings. The highest BCUT2D eigenvalue weighted by Crippen LogP contribution is 2.19. The lowest BCUT2D eigenvalue weighted by Gasteiger charge is -2.13. The third-order valence-electron chi connectivity index (χ3n) is 3.51. The van der Waals surface area contributed by atoms with Crippen LogP contribution in [0.4, 0.5) is 0 Å². The highest BCUT2D eigenvalue weighted by atomic mass is 127. The van der Waals surface area contributed by atoms with Crippen molar-refractivity contribution in [1.29, 1.82) is 0 Å². The molecule has 0 aliphatic carbocycles. The first-order valence-corrected chi connectivity index (χ1v) is 7.71. The maximum absolute atomic E-state index is 5.41. The average Bonchev–Trinajstić information content (AvgIpc) is 2.59. The molecule has 0 saturated heterocycles. The van der Waals surface area contributed by atoms with Gasteiger partial charge in [0.15, 0.2) is 5.96 Å². The van der Waals surface area contributed by atoms with E-state index >= 15 is 0 Å². The molecule has 6 heteroatoms. The number of nitrogens with one attached hydrogen (secondary N) is 2. The van der Waals surface area contributed by atoms with Gasteiger partial charge in [-0.05, 0) is 37.1 Å². The molecular weight excluding hydrogens is 415 g/mol. The molecule has 0 saturated carbocycles. The van der Waals surface area contributed by atoms with E-state index in [0.717, 1.165) is 30.4 Å².